The van der Waals surface area contributed by atoms with Crippen molar-refractivity contribution in [3.8, 4) is 17.2 Å². The van der Waals surface area contributed by atoms with Crippen LogP contribution in [0, 0.1) is 0 Å². The molecule has 1 aliphatic rings. The number of fused-ring (bicyclic) bond motifs is 1. The number of hydrogen-bond donors (Lipinski definition) is 0. The van der Waals surface area contributed by atoms with Gasteiger partial charge >= 0.3 is 0 Å². The van der Waals surface area contributed by atoms with Crippen LogP contribution in [0.5, 0.6) is 17.2 Å². The van der Waals surface area contributed by atoms with Crippen LogP contribution in [0.3, 0.4) is 0 Å². The van der Waals surface area contributed by atoms with Gasteiger partial charge < -0.3 is 19.1 Å². The quantitative estimate of drug-likeness (QED) is 0.499. The van der Waals surface area contributed by atoms with Gasteiger partial charge in [0.05, 0.1) is 44.6 Å². The SMILES string of the molecule is COc1ccc(N(C)C(=O)c2cc(CN3C(=O)c4ccccc4C3=O)ccc2OC)cc1OC. The molecule has 4 rings (SSSR count). The zero-order valence-electron chi connectivity index (χ0n) is 19.3. The van der Waals surface area contributed by atoms with Crippen molar-refractivity contribution in [2.45, 2.75) is 6.54 Å². The summed E-state index contributed by atoms with van der Waals surface area (Å²) in [6, 6.07) is 16.9. The minimum absolute atomic E-state index is 0.0384. The summed E-state index contributed by atoms with van der Waals surface area (Å²) < 4.78 is 16.0. The number of imide groups is 1. The van der Waals surface area contributed by atoms with Crippen LogP contribution in [-0.2, 0) is 6.54 Å². The van der Waals surface area contributed by atoms with Gasteiger partial charge in [0.2, 0.25) is 0 Å². The number of benzene rings is 3. The summed E-state index contributed by atoms with van der Waals surface area (Å²) in [6.45, 7) is 0.0384. The summed E-state index contributed by atoms with van der Waals surface area (Å²) in [5, 5.41) is 0. The molecule has 0 saturated carbocycles. The van der Waals surface area contributed by atoms with E-state index in [0.717, 1.165) is 0 Å². The maximum absolute atomic E-state index is 13.4. The Labute approximate surface area is 197 Å². The van der Waals surface area contributed by atoms with E-state index in [1.54, 1.807) is 67.7 Å². The maximum atomic E-state index is 13.4. The lowest BCUT2D eigenvalue weighted by molar-refractivity contribution is 0.0642. The van der Waals surface area contributed by atoms with Crippen molar-refractivity contribution in [3.05, 3.63) is 82.9 Å². The third-order valence-corrected chi connectivity index (χ3v) is 5.77. The van der Waals surface area contributed by atoms with E-state index in [9.17, 15) is 14.4 Å². The number of nitrogens with zero attached hydrogens (tertiary/aromatic N) is 2. The summed E-state index contributed by atoms with van der Waals surface area (Å²) in [4.78, 5) is 41.5. The van der Waals surface area contributed by atoms with Crippen molar-refractivity contribution in [2.75, 3.05) is 33.3 Å². The molecule has 0 N–H and O–H groups in total. The Morgan fingerprint density at radius 1 is 0.794 bits per heavy atom. The van der Waals surface area contributed by atoms with E-state index in [2.05, 4.69) is 0 Å². The highest BCUT2D eigenvalue weighted by molar-refractivity contribution is 6.21. The molecule has 1 heterocycles. The molecule has 8 heteroatoms. The molecule has 3 amide bonds. The monoisotopic (exact) mass is 460 g/mol. The normalized spacial score (nSPS) is 12.4. The van der Waals surface area contributed by atoms with Gasteiger partial charge in [-0.15, -0.1) is 0 Å². The zero-order valence-corrected chi connectivity index (χ0v) is 19.3. The Kier molecular flexibility index (Phi) is 6.23. The first-order valence-electron chi connectivity index (χ1n) is 10.5. The molecule has 0 aromatic heterocycles. The van der Waals surface area contributed by atoms with E-state index in [1.807, 2.05) is 0 Å². The van der Waals surface area contributed by atoms with Gasteiger partial charge in [0.25, 0.3) is 17.7 Å². The van der Waals surface area contributed by atoms with E-state index in [0.29, 0.717) is 45.2 Å². The highest BCUT2D eigenvalue weighted by Crippen LogP contribution is 2.33. The van der Waals surface area contributed by atoms with Crippen molar-refractivity contribution in [2.24, 2.45) is 0 Å². The van der Waals surface area contributed by atoms with Gasteiger partial charge in [-0.3, -0.25) is 19.3 Å². The lowest BCUT2D eigenvalue weighted by Crippen LogP contribution is -2.30. The predicted molar refractivity (Wildman–Crippen MR) is 126 cm³/mol. The minimum Gasteiger partial charge on any atom is -0.496 e. The third kappa shape index (κ3) is 3.94. The van der Waals surface area contributed by atoms with Gasteiger partial charge in [0.1, 0.15) is 5.75 Å². The van der Waals surface area contributed by atoms with Crippen LogP contribution in [0.15, 0.2) is 60.7 Å². The lowest BCUT2D eigenvalue weighted by Gasteiger charge is -2.21. The van der Waals surface area contributed by atoms with Crippen molar-refractivity contribution in [1.29, 1.82) is 0 Å². The number of rotatable bonds is 7. The summed E-state index contributed by atoms with van der Waals surface area (Å²) in [7, 11) is 6.18. The molecule has 0 bridgehead atoms. The number of methoxy groups -OCH3 is 3. The number of amides is 3. The minimum atomic E-state index is -0.355. The largest absolute Gasteiger partial charge is 0.496 e. The highest BCUT2D eigenvalue weighted by atomic mass is 16.5. The molecule has 3 aromatic rings. The van der Waals surface area contributed by atoms with Crippen molar-refractivity contribution in [1.82, 2.24) is 4.90 Å². The van der Waals surface area contributed by atoms with E-state index >= 15 is 0 Å². The Morgan fingerprint density at radius 2 is 1.38 bits per heavy atom. The second-order valence-electron chi connectivity index (χ2n) is 7.68. The fraction of sp³-hybridized carbons (Fsp3) is 0.192. The Hall–Kier alpha value is -4.33. The molecule has 0 saturated heterocycles. The first kappa shape index (κ1) is 22.8. The first-order valence-corrected chi connectivity index (χ1v) is 10.5. The van der Waals surface area contributed by atoms with Crippen molar-refractivity contribution in [3.63, 3.8) is 0 Å². The number of carbonyl (C=O) groups excluding carboxylic acids is 3. The molecule has 0 unspecified atom stereocenters. The second kappa shape index (κ2) is 9.27. The number of hydrogen-bond acceptors (Lipinski definition) is 6. The maximum Gasteiger partial charge on any atom is 0.261 e. The van der Waals surface area contributed by atoms with Crippen LogP contribution in [-0.4, -0.2) is 51.0 Å². The van der Waals surface area contributed by atoms with E-state index in [1.165, 1.54) is 31.1 Å². The molecular weight excluding hydrogens is 436 g/mol. The molecule has 34 heavy (non-hydrogen) atoms. The van der Waals surface area contributed by atoms with Crippen molar-refractivity contribution >= 4 is 23.4 Å². The Bertz CT molecular complexity index is 1250. The van der Waals surface area contributed by atoms with E-state index in [-0.39, 0.29) is 24.3 Å². The Balaban J connectivity index is 1.62. The number of anilines is 1. The lowest BCUT2D eigenvalue weighted by atomic mass is 10.1. The summed E-state index contributed by atoms with van der Waals surface area (Å²) in [5.74, 6) is 0.383. The molecule has 0 aliphatic carbocycles. The zero-order chi connectivity index (χ0) is 24.4. The fourth-order valence-corrected chi connectivity index (χ4v) is 3.92. The van der Waals surface area contributed by atoms with Crippen LogP contribution < -0.4 is 19.1 Å². The molecular formula is C26H24N2O6. The summed E-state index contributed by atoms with van der Waals surface area (Å²) in [6.07, 6.45) is 0. The fourth-order valence-electron chi connectivity index (χ4n) is 3.92. The number of carbonyl (C=O) groups is 3. The summed E-state index contributed by atoms with van der Waals surface area (Å²) >= 11 is 0. The van der Waals surface area contributed by atoms with Gasteiger partial charge in [-0.1, -0.05) is 18.2 Å². The number of ether oxygens (including phenoxy) is 3. The predicted octanol–water partition coefficient (Wildman–Crippen LogP) is 3.79. The summed E-state index contributed by atoms with van der Waals surface area (Å²) in [5.41, 5.74) is 2.28. The van der Waals surface area contributed by atoms with Crippen LogP contribution >= 0.6 is 0 Å². The second-order valence-corrected chi connectivity index (χ2v) is 7.68. The molecule has 0 fully saturated rings. The molecule has 3 aromatic carbocycles. The Morgan fingerprint density at radius 3 is 1.97 bits per heavy atom. The van der Waals surface area contributed by atoms with Crippen LogP contribution in [0.4, 0.5) is 5.69 Å². The van der Waals surface area contributed by atoms with Crippen LogP contribution in [0.1, 0.15) is 36.6 Å². The molecule has 0 spiro atoms. The average molecular weight is 460 g/mol. The topological polar surface area (TPSA) is 85.4 Å². The molecule has 0 radical (unpaired) electrons. The van der Waals surface area contributed by atoms with E-state index in [4.69, 9.17) is 14.2 Å². The van der Waals surface area contributed by atoms with Gasteiger partial charge in [0, 0.05) is 18.8 Å². The van der Waals surface area contributed by atoms with Gasteiger partial charge in [-0.25, -0.2) is 0 Å². The van der Waals surface area contributed by atoms with Crippen LogP contribution in [0.2, 0.25) is 0 Å². The van der Waals surface area contributed by atoms with E-state index < -0.39 is 0 Å². The molecule has 0 atom stereocenters. The molecule has 174 valence electrons. The van der Waals surface area contributed by atoms with Crippen molar-refractivity contribution < 1.29 is 28.6 Å². The standard InChI is InChI=1S/C26H24N2O6/c1-27(17-10-12-22(33-3)23(14-17)34-4)24(29)20-13-16(9-11-21(20)32-2)15-28-25(30)18-7-5-6-8-19(18)26(28)31/h5-14H,15H2,1-4H3. The van der Waals surface area contributed by atoms with Gasteiger partial charge in [-0.05, 0) is 42.0 Å². The molecule has 1 aliphatic heterocycles. The van der Waals surface area contributed by atoms with Crippen LogP contribution in [0.25, 0.3) is 0 Å². The molecule has 8 nitrogen and oxygen atoms in total. The third-order valence-electron chi connectivity index (χ3n) is 5.77. The van der Waals surface area contributed by atoms with Gasteiger partial charge in [0.15, 0.2) is 11.5 Å². The highest BCUT2D eigenvalue weighted by Gasteiger charge is 2.35. The van der Waals surface area contributed by atoms with Gasteiger partial charge in [-0.2, -0.15) is 0 Å². The average Bonchev–Trinajstić information content (AvgIpc) is 3.12. The smallest absolute Gasteiger partial charge is 0.261 e. The first-order chi connectivity index (χ1) is 16.4.